The lowest BCUT2D eigenvalue weighted by molar-refractivity contribution is -0.143. The molecule has 1 unspecified atom stereocenters. The number of benzene rings is 1. The Bertz CT molecular complexity index is 693. The first-order chi connectivity index (χ1) is 10.7. The smallest absolute Gasteiger partial charge is 0.394 e. The molecule has 5 nitrogen and oxygen atoms in total. The lowest BCUT2D eigenvalue weighted by Gasteiger charge is -2.14. The van der Waals surface area contributed by atoms with E-state index in [0.29, 0.717) is 4.68 Å². The SMILES string of the molecule is Cc1ccc(-n2ncc(C(=O)NC(C)CO)c2C(F)(F)F)cc1. The number of carbonyl (C=O) groups is 1. The van der Waals surface area contributed by atoms with Crippen LogP contribution >= 0.6 is 0 Å². The summed E-state index contributed by atoms with van der Waals surface area (Å²) in [6.07, 6.45) is -3.88. The van der Waals surface area contributed by atoms with E-state index in [1.54, 1.807) is 12.1 Å². The summed E-state index contributed by atoms with van der Waals surface area (Å²) in [7, 11) is 0. The van der Waals surface area contributed by atoms with Gasteiger partial charge in [-0.25, -0.2) is 4.68 Å². The second-order valence-electron chi connectivity index (χ2n) is 5.21. The molecule has 0 saturated carbocycles. The quantitative estimate of drug-likeness (QED) is 0.905. The van der Waals surface area contributed by atoms with Crippen molar-refractivity contribution in [2.24, 2.45) is 0 Å². The van der Waals surface area contributed by atoms with Crippen LogP contribution in [0.4, 0.5) is 13.2 Å². The predicted molar refractivity (Wildman–Crippen MR) is 77.3 cm³/mol. The van der Waals surface area contributed by atoms with Crippen molar-refractivity contribution in [2.45, 2.75) is 26.1 Å². The summed E-state index contributed by atoms with van der Waals surface area (Å²) in [4.78, 5) is 12.0. The second kappa shape index (κ2) is 6.41. The zero-order valence-electron chi connectivity index (χ0n) is 12.6. The van der Waals surface area contributed by atoms with Gasteiger partial charge in [-0.2, -0.15) is 18.3 Å². The van der Waals surface area contributed by atoms with Gasteiger partial charge in [0.2, 0.25) is 0 Å². The molecule has 124 valence electrons. The van der Waals surface area contributed by atoms with Crippen LogP contribution in [-0.4, -0.2) is 33.4 Å². The van der Waals surface area contributed by atoms with E-state index in [0.717, 1.165) is 11.8 Å². The zero-order chi connectivity index (χ0) is 17.2. The summed E-state index contributed by atoms with van der Waals surface area (Å²) in [5, 5.41) is 14.9. The first kappa shape index (κ1) is 17.0. The fraction of sp³-hybridized carbons (Fsp3) is 0.333. The molecule has 0 aliphatic heterocycles. The number of aromatic nitrogens is 2. The van der Waals surface area contributed by atoms with Gasteiger partial charge < -0.3 is 10.4 Å². The fourth-order valence-corrected chi connectivity index (χ4v) is 2.02. The van der Waals surface area contributed by atoms with Gasteiger partial charge in [0.15, 0.2) is 5.69 Å². The molecule has 2 aromatic rings. The summed E-state index contributed by atoms with van der Waals surface area (Å²) in [6.45, 7) is 2.92. The molecule has 2 N–H and O–H groups in total. The minimum absolute atomic E-state index is 0.206. The molecule has 8 heteroatoms. The van der Waals surface area contributed by atoms with Crippen LogP contribution in [0.1, 0.15) is 28.5 Å². The Hall–Kier alpha value is -2.35. The normalized spacial score (nSPS) is 13.0. The second-order valence-corrected chi connectivity index (χ2v) is 5.21. The van der Waals surface area contributed by atoms with Gasteiger partial charge in [-0.05, 0) is 26.0 Å². The molecule has 23 heavy (non-hydrogen) atoms. The van der Waals surface area contributed by atoms with Gasteiger partial charge in [0.25, 0.3) is 5.91 Å². The number of amides is 1. The largest absolute Gasteiger partial charge is 0.434 e. The third-order valence-electron chi connectivity index (χ3n) is 3.21. The summed E-state index contributed by atoms with van der Waals surface area (Å²) in [5.74, 6) is -0.933. The van der Waals surface area contributed by atoms with E-state index in [9.17, 15) is 18.0 Å². The van der Waals surface area contributed by atoms with Crippen molar-refractivity contribution in [2.75, 3.05) is 6.61 Å². The highest BCUT2D eigenvalue weighted by Gasteiger charge is 2.40. The summed E-state index contributed by atoms with van der Waals surface area (Å²) < 4.78 is 40.9. The van der Waals surface area contributed by atoms with Gasteiger partial charge in [0.05, 0.1) is 24.1 Å². The molecular weight excluding hydrogens is 311 g/mol. The van der Waals surface area contributed by atoms with Crippen LogP contribution in [0.5, 0.6) is 0 Å². The summed E-state index contributed by atoms with van der Waals surface area (Å²) in [6, 6.07) is 5.65. The van der Waals surface area contributed by atoms with Crippen LogP contribution < -0.4 is 5.32 Å². The highest BCUT2D eigenvalue weighted by molar-refractivity contribution is 5.95. The van der Waals surface area contributed by atoms with Gasteiger partial charge in [0, 0.05) is 6.04 Å². The molecule has 0 fully saturated rings. The number of nitrogens with one attached hydrogen (secondary N) is 1. The average Bonchev–Trinajstić information content (AvgIpc) is 2.93. The number of alkyl halides is 3. The van der Waals surface area contributed by atoms with E-state index >= 15 is 0 Å². The van der Waals surface area contributed by atoms with Crippen LogP contribution in [0.25, 0.3) is 5.69 Å². The van der Waals surface area contributed by atoms with E-state index < -0.39 is 29.4 Å². The molecule has 1 aromatic carbocycles. The topological polar surface area (TPSA) is 67.2 Å². The molecular formula is C15H16F3N3O2. The summed E-state index contributed by atoms with van der Waals surface area (Å²) >= 11 is 0. The number of aryl methyl sites for hydroxylation is 1. The number of rotatable bonds is 4. The van der Waals surface area contributed by atoms with Crippen molar-refractivity contribution < 1.29 is 23.1 Å². The van der Waals surface area contributed by atoms with Gasteiger partial charge in [-0.3, -0.25) is 4.79 Å². The standard InChI is InChI=1S/C15H16F3N3O2/c1-9-3-5-11(6-4-9)21-13(15(16,17)18)12(7-19-21)14(23)20-10(2)8-22/h3-7,10,22H,8H2,1-2H3,(H,20,23). The maximum atomic E-state index is 13.4. The Morgan fingerprint density at radius 3 is 2.48 bits per heavy atom. The Labute approximate surface area is 130 Å². The Morgan fingerprint density at radius 1 is 1.35 bits per heavy atom. The molecule has 0 radical (unpaired) electrons. The number of aliphatic hydroxyl groups is 1. The van der Waals surface area contributed by atoms with Gasteiger partial charge in [-0.1, -0.05) is 17.7 Å². The highest BCUT2D eigenvalue weighted by atomic mass is 19.4. The maximum Gasteiger partial charge on any atom is 0.434 e. The molecule has 1 heterocycles. The highest BCUT2D eigenvalue weighted by Crippen LogP contribution is 2.33. The monoisotopic (exact) mass is 327 g/mol. The third kappa shape index (κ3) is 3.70. The number of halogens is 3. The molecule has 0 aliphatic carbocycles. The lowest BCUT2D eigenvalue weighted by Crippen LogP contribution is -2.36. The number of hydrogen-bond donors (Lipinski definition) is 2. The minimum atomic E-state index is -4.75. The Morgan fingerprint density at radius 2 is 1.96 bits per heavy atom. The average molecular weight is 327 g/mol. The van der Waals surface area contributed by atoms with Crippen molar-refractivity contribution in [3.05, 3.63) is 47.3 Å². The number of carbonyl (C=O) groups excluding carboxylic acids is 1. The van der Waals surface area contributed by atoms with E-state index in [4.69, 9.17) is 5.11 Å². The van der Waals surface area contributed by atoms with E-state index in [1.807, 2.05) is 6.92 Å². The van der Waals surface area contributed by atoms with Crippen molar-refractivity contribution in [3.63, 3.8) is 0 Å². The summed E-state index contributed by atoms with van der Waals surface area (Å²) in [5.41, 5.74) is -0.635. The molecule has 1 atom stereocenters. The van der Waals surface area contributed by atoms with Crippen molar-refractivity contribution in [1.82, 2.24) is 15.1 Å². The molecule has 0 bridgehead atoms. The van der Waals surface area contributed by atoms with Crippen LogP contribution in [0, 0.1) is 6.92 Å². The Kier molecular flexibility index (Phi) is 4.74. The van der Waals surface area contributed by atoms with Gasteiger partial charge >= 0.3 is 6.18 Å². The van der Waals surface area contributed by atoms with Crippen LogP contribution in [0.2, 0.25) is 0 Å². The molecule has 1 amide bonds. The molecule has 0 saturated heterocycles. The maximum absolute atomic E-state index is 13.4. The number of hydrogen-bond acceptors (Lipinski definition) is 3. The third-order valence-corrected chi connectivity index (χ3v) is 3.21. The van der Waals surface area contributed by atoms with Crippen LogP contribution in [0.3, 0.4) is 0 Å². The van der Waals surface area contributed by atoms with E-state index in [-0.39, 0.29) is 12.3 Å². The molecule has 2 rings (SSSR count). The first-order valence-electron chi connectivity index (χ1n) is 6.88. The minimum Gasteiger partial charge on any atom is -0.394 e. The molecule has 0 aliphatic rings. The van der Waals surface area contributed by atoms with Crippen molar-refractivity contribution >= 4 is 5.91 Å². The van der Waals surface area contributed by atoms with E-state index in [2.05, 4.69) is 10.4 Å². The Balaban J connectivity index is 2.49. The van der Waals surface area contributed by atoms with Crippen molar-refractivity contribution in [3.8, 4) is 5.69 Å². The number of nitrogens with zero attached hydrogens (tertiary/aromatic N) is 2. The van der Waals surface area contributed by atoms with Gasteiger partial charge in [-0.15, -0.1) is 0 Å². The van der Waals surface area contributed by atoms with Crippen LogP contribution in [0.15, 0.2) is 30.5 Å². The lowest BCUT2D eigenvalue weighted by atomic mass is 10.2. The zero-order valence-corrected chi connectivity index (χ0v) is 12.6. The van der Waals surface area contributed by atoms with Crippen molar-refractivity contribution in [1.29, 1.82) is 0 Å². The van der Waals surface area contributed by atoms with Gasteiger partial charge in [0.1, 0.15) is 0 Å². The molecule has 0 spiro atoms. The number of aliphatic hydroxyl groups excluding tert-OH is 1. The molecule has 1 aromatic heterocycles. The van der Waals surface area contributed by atoms with E-state index in [1.165, 1.54) is 19.1 Å². The van der Waals surface area contributed by atoms with Crippen LogP contribution in [-0.2, 0) is 6.18 Å². The first-order valence-corrected chi connectivity index (χ1v) is 6.88. The predicted octanol–water partition coefficient (Wildman–Crippen LogP) is 2.31. The fourth-order valence-electron chi connectivity index (χ4n) is 2.02.